The van der Waals surface area contributed by atoms with E-state index in [4.69, 9.17) is 4.74 Å². The third-order valence-electron chi connectivity index (χ3n) is 1.80. The summed E-state index contributed by atoms with van der Waals surface area (Å²) in [4.78, 5) is 9.63. The van der Waals surface area contributed by atoms with E-state index >= 15 is 0 Å². The minimum atomic E-state index is -0.00170. The van der Waals surface area contributed by atoms with E-state index in [2.05, 4.69) is 16.9 Å². The van der Waals surface area contributed by atoms with Gasteiger partial charge in [0.25, 0.3) is 0 Å². The van der Waals surface area contributed by atoms with Gasteiger partial charge in [-0.25, -0.2) is 4.79 Å². The molecule has 0 saturated heterocycles. The predicted molar refractivity (Wildman–Crippen MR) is 52.4 cm³/mol. The van der Waals surface area contributed by atoms with E-state index in [-0.39, 0.29) is 6.79 Å². The van der Waals surface area contributed by atoms with Crippen molar-refractivity contribution in [3.8, 4) is 0 Å². The molecule has 0 heterocycles. The van der Waals surface area contributed by atoms with E-state index in [0.29, 0.717) is 6.61 Å². The zero-order valence-corrected chi connectivity index (χ0v) is 7.94. The molecule has 1 aromatic rings. The molecule has 75 valence electrons. The molecule has 0 N–H and O–H groups in total. The fraction of sp³-hybridized carbons (Fsp3) is 0.364. The van der Waals surface area contributed by atoms with E-state index in [1.165, 1.54) is 12.0 Å². The smallest absolute Gasteiger partial charge is 0.419 e. The Morgan fingerprint density at radius 3 is 2.71 bits per heavy atom. The lowest BCUT2D eigenvalue weighted by Crippen LogP contribution is -2.01. The Morgan fingerprint density at radius 2 is 2.00 bits per heavy atom. The first-order valence-corrected chi connectivity index (χ1v) is 4.54. The molecule has 0 atom stereocenters. The first kappa shape index (κ1) is 10.7. The first-order valence-electron chi connectivity index (χ1n) is 4.54. The van der Waals surface area contributed by atoms with Crippen LogP contribution in [0.4, 0.5) is 0 Å². The van der Waals surface area contributed by atoms with E-state index in [1.54, 1.807) is 0 Å². The van der Waals surface area contributed by atoms with Crippen molar-refractivity contribution < 1.29 is 14.3 Å². The van der Waals surface area contributed by atoms with Gasteiger partial charge in [-0.2, -0.15) is 0 Å². The Morgan fingerprint density at radius 1 is 1.21 bits per heavy atom. The highest BCUT2D eigenvalue weighted by Gasteiger charge is 1.92. The molecule has 1 rings (SSSR count). The van der Waals surface area contributed by atoms with Gasteiger partial charge >= 0.3 is 6.47 Å². The number of carbonyl (C=O) groups excluding carboxylic acids is 1. The van der Waals surface area contributed by atoms with Gasteiger partial charge in [-0.1, -0.05) is 30.3 Å². The molecule has 3 heteroatoms. The molecule has 0 fully saturated rings. The molecular weight excluding hydrogens is 180 g/mol. The minimum absolute atomic E-state index is 0.00170. The van der Waals surface area contributed by atoms with Crippen LogP contribution in [-0.2, 0) is 20.7 Å². The molecule has 3 nitrogen and oxygen atoms in total. The van der Waals surface area contributed by atoms with Gasteiger partial charge in [-0.3, -0.25) is 0 Å². The second kappa shape index (κ2) is 7.09. The third-order valence-corrected chi connectivity index (χ3v) is 1.80. The lowest BCUT2D eigenvalue weighted by Gasteiger charge is -2.02. The highest BCUT2D eigenvalue weighted by Crippen LogP contribution is 2.01. The van der Waals surface area contributed by atoms with Crippen LogP contribution in [-0.4, -0.2) is 19.9 Å². The SMILES string of the molecule is O=[C]OCOCCCc1ccccc1. The zero-order chi connectivity index (χ0) is 10.1. The van der Waals surface area contributed by atoms with Crippen molar-refractivity contribution in [2.45, 2.75) is 12.8 Å². The minimum Gasteiger partial charge on any atom is -0.430 e. The standard InChI is InChI=1S/C11H13O3/c12-9-14-10-13-8-4-7-11-5-2-1-3-6-11/h1-3,5-6H,4,7-8,10H2. The maximum Gasteiger partial charge on any atom is 0.419 e. The maximum atomic E-state index is 9.63. The van der Waals surface area contributed by atoms with Crippen molar-refractivity contribution in [2.75, 3.05) is 13.4 Å². The Balaban J connectivity index is 2.02. The molecule has 14 heavy (non-hydrogen) atoms. The fourth-order valence-electron chi connectivity index (χ4n) is 1.15. The maximum absolute atomic E-state index is 9.63. The van der Waals surface area contributed by atoms with E-state index in [0.717, 1.165) is 12.8 Å². The van der Waals surface area contributed by atoms with E-state index in [9.17, 15) is 4.79 Å². The number of hydrogen-bond donors (Lipinski definition) is 0. The van der Waals surface area contributed by atoms with Crippen molar-refractivity contribution in [3.05, 3.63) is 35.9 Å². The lowest BCUT2D eigenvalue weighted by atomic mass is 10.1. The Hall–Kier alpha value is -1.35. The molecule has 0 unspecified atom stereocenters. The van der Waals surface area contributed by atoms with Gasteiger partial charge in [0.2, 0.25) is 0 Å². The van der Waals surface area contributed by atoms with Crippen LogP contribution >= 0.6 is 0 Å². The molecule has 0 aliphatic heterocycles. The Kier molecular flexibility index (Phi) is 5.43. The molecule has 0 aromatic heterocycles. The highest BCUT2D eigenvalue weighted by atomic mass is 16.7. The van der Waals surface area contributed by atoms with Crippen LogP contribution in [0.1, 0.15) is 12.0 Å². The average molecular weight is 193 g/mol. The summed E-state index contributed by atoms with van der Waals surface area (Å²) in [7, 11) is 0. The molecular formula is C11H13O3. The molecule has 0 spiro atoms. The normalized spacial score (nSPS) is 9.71. The Labute approximate surface area is 83.6 Å². The quantitative estimate of drug-likeness (QED) is 0.488. The highest BCUT2D eigenvalue weighted by molar-refractivity contribution is 5.37. The van der Waals surface area contributed by atoms with Gasteiger partial charge in [0.05, 0.1) is 6.61 Å². The average Bonchev–Trinajstić information content (AvgIpc) is 2.25. The molecule has 0 aliphatic rings. The summed E-state index contributed by atoms with van der Waals surface area (Å²) in [6.45, 7) is 1.89. The molecule has 0 bridgehead atoms. The van der Waals surface area contributed by atoms with Gasteiger partial charge in [0, 0.05) is 0 Å². The summed E-state index contributed by atoms with van der Waals surface area (Å²) in [5, 5.41) is 0. The van der Waals surface area contributed by atoms with Gasteiger partial charge in [0.1, 0.15) is 0 Å². The van der Waals surface area contributed by atoms with Crippen LogP contribution in [0, 0.1) is 0 Å². The van der Waals surface area contributed by atoms with Crippen LogP contribution in [0.15, 0.2) is 30.3 Å². The molecule has 0 saturated carbocycles. The first-order chi connectivity index (χ1) is 6.93. The molecule has 1 radical (unpaired) electrons. The van der Waals surface area contributed by atoms with Crippen molar-refractivity contribution in [1.82, 2.24) is 0 Å². The number of hydrogen-bond acceptors (Lipinski definition) is 3. The summed E-state index contributed by atoms with van der Waals surface area (Å²) < 4.78 is 9.27. The number of benzene rings is 1. The van der Waals surface area contributed by atoms with Gasteiger partial charge in [-0.15, -0.1) is 0 Å². The van der Waals surface area contributed by atoms with Crippen LogP contribution in [0.5, 0.6) is 0 Å². The monoisotopic (exact) mass is 193 g/mol. The lowest BCUT2D eigenvalue weighted by molar-refractivity contribution is 0.00507. The van der Waals surface area contributed by atoms with Gasteiger partial charge < -0.3 is 9.47 Å². The van der Waals surface area contributed by atoms with Crippen LogP contribution in [0.25, 0.3) is 0 Å². The summed E-state index contributed by atoms with van der Waals surface area (Å²) in [5.74, 6) is 0. The summed E-state index contributed by atoms with van der Waals surface area (Å²) >= 11 is 0. The summed E-state index contributed by atoms with van der Waals surface area (Å²) in [5.41, 5.74) is 1.29. The van der Waals surface area contributed by atoms with Gasteiger partial charge in [-0.05, 0) is 18.4 Å². The molecule has 0 aliphatic carbocycles. The van der Waals surface area contributed by atoms with Crippen LogP contribution in [0.2, 0.25) is 0 Å². The third kappa shape index (κ3) is 4.62. The second-order valence-corrected chi connectivity index (χ2v) is 2.84. The molecule has 1 aromatic carbocycles. The second-order valence-electron chi connectivity index (χ2n) is 2.84. The summed E-state index contributed by atoms with van der Waals surface area (Å²) in [6, 6.07) is 10.2. The van der Waals surface area contributed by atoms with Crippen molar-refractivity contribution in [3.63, 3.8) is 0 Å². The van der Waals surface area contributed by atoms with Crippen molar-refractivity contribution in [2.24, 2.45) is 0 Å². The summed E-state index contributed by atoms with van der Waals surface area (Å²) in [6.07, 6.45) is 1.90. The predicted octanol–water partition coefficient (Wildman–Crippen LogP) is 1.68. The zero-order valence-electron chi connectivity index (χ0n) is 7.94. The van der Waals surface area contributed by atoms with Gasteiger partial charge in [0.15, 0.2) is 6.79 Å². The number of ether oxygens (including phenoxy) is 2. The van der Waals surface area contributed by atoms with Crippen molar-refractivity contribution in [1.29, 1.82) is 0 Å². The fourth-order valence-corrected chi connectivity index (χ4v) is 1.15. The van der Waals surface area contributed by atoms with Crippen LogP contribution in [0.3, 0.4) is 0 Å². The number of rotatable bonds is 7. The topological polar surface area (TPSA) is 35.5 Å². The Bertz CT molecular complexity index is 246. The molecule has 0 amide bonds. The van der Waals surface area contributed by atoms with Crippen LogP contribution < -0.4 is 0 Å². The van der Waals surface area contributed by atoms with Crippen molar-refractivity contribution >= 4 is 6.47 Å². The largest absolute Gasteiger partial charge is 0.430 e. The van der Waals surface area contributed by atoms with E-state index in [1.807, 2.05) is 18.2 Å². The number of aryl methyl sites for hydroxylation is 1. The van der Waals surface area contributed by atoms with E-state index < -0.39 is 0 Å².